The summed E-state index contributed by atoms with van der Waals surface area (Å²) in [4.78, 5) is 26.3. The van der Waals surface area contributed by atoms with Gasteiger partial charge in [-0.2, -0.15) is 0 Å². The van der Waals surface area contributed by atoms with Gasteiger partial charge in [-0.15, -0.1) is 22.7 Å². The molecule has 1 saturated heterocycles. The standard InChI is InChI=1S/C20H21BrN4OS2/c1-14-12-28-20(22-14)25-7-3-6-24(8-9-25)18(26)11-17-13-27-19(23-17)15-4-2-5-16(21)10-15/h2,4-5,10,12-13H,3,6-9,11H2,1H3. The van der Waals surface area contributed by atoms with Crippen molar-refractivity contribution in [3.63, 3.8) is 0 Å². The molecule has 5 nitrogen and oxygen atoms in total. The average molecular weight is 477 g/mol. The molecule has 1 aliphatic rings. The molecule has 0 aliphatic carbocycles. The molecule has 2 aromatic heterocycles. The molecule has 1 amide bonds. The van der Waals surface area contributed by atoms with E-state index in [1.807, 2.05) is 41.5 Å². The fraction of sp³-hybridized carbons (Fsp3) is 0.350. The lowest BCUT2D eigenvalue weighted by Crippen LogP contribution is -2.36. The van der Waals surface area contributed by atoms with Gasteiger partial charge in [0.1, 0.15) is 5.01 Å². The number of hydrogen-bond acceptors (Lipinski definition) is 6. The molecular formula is C20H21BrN4OS2. The van der Waals surface area contributed by atoms with Gasteiger partial charge in [0.25, 0.3) is 0 Å². The van der Waals surface area contributed by atoms with Gasteiger partial charge in [-0.05, 0) is 25.5 Å². The highest BCUT2D eigenvalue weighted by Gasteiger charge is 2.21. The molecule has 3 aromatic rings. The Hall–Kier alpha value is -1.77. The summed E-state index contributed by atoms with van der Waals surface area (Å²) >= 11 is 6.76. The number of halogens is 1. The molecule has 1 aromatic carbocycles. The minimum Gasteiger partial charge on any atom is -0.346 e. The van der Waals surface area contributed by atoms with Crippen molar-refractivity contribution in [1.29, 1.82) is 0 Å². The van der Waals surface area contributed by atoms with Crippen LogP contribution in [0.1, 0.15) is 17.8 Å². The van der Waals surface area contributed by atoms with Crippen LogP contribution in [0.5, 0.6) is 0 Å². The van der Waals surface area contributed by atoms with E-state index in [2.05, 4.69) is 36.2 Å². The van der Waals surface area contributed by atoms with Crippen molar-refractivity contribution >= 4 is 49.6 Å². The predicted molar refractivity (Wildman–Crippen MR) is 119 cm³/mol. The quantitative estimate of drug-likeness (QED) is 0.551. The van der Waals surface area contributed by atoms with Gasteiger partial charge in [0, 0.05) is 47.0 Å². The van der Waals surface area contributed by atoms with Crippen molar-refractivity contribution in [2.45, 2.75) is 19.8 Å². The highest BCUT2D eigenvalue weighted by molar-refractivity contribution is 9.10. The van der Waals surface area contributed by atoms with E-state index in [4.69, 9.17) is 0 Å². The Morgan fingerprint density at radius 3 is 2.82 bits per heavy atom. The first-order chi connectivity index (χ1) is 13.6. The fourth-order valence-corrected chi connectivity index (χ4v) is 5.33. The molecule has 0 spiro atoms. The Bertz CT molecular complexity index is 971. The summed E-state index contributed by atoms with van der Waals surface area (Å²) in [6, 6.07) is 8.09. The Balaban J connectivity index is 1.37. The third-order valence-corrected chi connectivity index (χ3v) is 7.13. The largest absolute Gasteiger partial charge is 0.346 e. The zero-order chi connectivity index (χ0) is 19.5. The molecule has 0 atom stereocenters. The molecule has 28 heavy (non-hydrogen) atoms. The monoisotopic (exact) mass is 476 g/mol. The van der Waals surface area contributed by atoms with Gasteiger partial charge >= 0.3 is 0 Å². The smallest absolute Gasteiger partial charge is 0.228 e. The number of carbonyl (C=O) groups excluding carboxylic acids is 1. The minimum absolute atomic E-state index is 0.156. The van der Waals surface area contributed by atoms with Crippen LogP contribution in [0.15, 0.2) is 39.5 Å². The van der Waals surface area contributed by atoms with Gasteiger partial charge in [-0.25, -0.2) is 9.97 Å². The van der Waals surface area contributed by atoms with E-state index < -0.39 is 0 Å². The average Bonchev–Trinajstić information content (AvgIpc) is 3.24. The molecule has 0 bridgehead atoms. The van der Waals surface area contributed by atoms with E-state index in [0.29, 0.717) is 6.42 Å². The third kappa shape index (κ3) is 4.61. The third-order valence-electron chi connectivity index (χ3n) is 4.68. The van der Waals surface area contributed by atoms with Crippen LogP contribution in [-0.4, -0.2) is 47.0 Å². The van der Waals surface area contributed by atoms with Gasteiger partial charge in [-0.1, -0.05) is 28.1 Å². The van der Waals surface area contributed by atoms with E-state index >= 15 is 0 Å². The number of aryl methyl sites for hydroxylation is 1. The Labute approximate surface area is 181 Å². The van der Waals surface area contributed by atoms with E-state index in [1.165, 1.54) is 0 Å². The van der Waals surface area contributed by atoms with E-state index in [-0.39, 0.29) is 5.91 Å². The lowest BCUT2D eigenvalue weighted by Gasteiger charge is -2.21. The van der Waals surface area contributed by atoms with Crippen LogP contribution in [0.3, 0.4) is 0 Å². The number of amides is 1. The molecular weight excluding hydrogens is 456 g/mol. The van der Waals surface area contributed by atoms with Gasteiger partial charge in [0.05, 0.1) is 17.8 Å². The van der Waals surface area contributed by atoms with Gasteiger partial charge < -0.3 is 9.80 Å². The first-order valence-electron chi connectivity index (χ1n) is 9.24. The van der Waals surface area contributed by atoms with Crippen LogP contribution in [0, 0.1) is 6.92 Å². The summed E-state index contributed by atoms with van der Waals surface area (Å²) < 4.78 is 1.03. The molecule has 1 aliphatic heterocycles. The zero-order valence-electron chi connectivity index (χ0n) is 15.6. The topological polar surface area (TPSA) is 49.3 Å². The van der Waals surface area contributed by atoms with Crippen LogP contribution in [0.25, 0.3) is 10.6 Å². The Morgan fingerprint density at radius 2 is 2.04 bits per heavy atom. The molecule has 3 heterocycles. The lowest BCUT2D eigenvalue weighted by atomic mass is 10.2. The lowest BCUT2D eigenvalue weighted by molar-refractivity contribution is -0.130. The van der Waals surface area contributed by atoms with Crippen LogP contribution in [0.2, 0.25) is 0 Å². The molecule has 0 N–H and O–H groups in total. The number of carbonyl (C=O) groups is 1. The first-order valence-corrected chi connectivity index (χ1v) is 11.8. The summed E-state index contributed by atoms with van der Waals surface area (Å²) in [5.74, 6) is 0.156. The molecule has 4 rings (SSSR count). The number of thiazole rings is 2. The summed E-state index contributed by atoms with van der Waals surface area (Å²) in [6.45, 7) is 5.33. The van der Waals surface area contributed by atoms with Crippen LogP contribution < -0.4 is 4.90 Å². The number of aromatic nitrogens is 2. The van der Waals surface area contributed by atoms with Crippen LogP contribution in [-0.2, 0) is 11.2 Å². The summed E-state index contributed by atoms with van der Waals surface area (Å²) in [5.41, 5.74) is 2.98. The Kier molecular flexibility index (Phi) is 6.08. The highest BCUT2D eigenvalue weighted by Crippen LogP contribution is 2.27. The molecule has 0 saturated carbocycles. The maximum Gasteiger partial charge on any atom is 0.228 e. The SMILES string of the molecule is Cc1csc(N2CCCN(C(=O)Cc3csc(-c4cccc(Br)c4)n3)CC2)n1. The zero-order valence-corrected chi connectivity index (χ0v) is 18.8. The van der Waals surface area contributed by atoms with Gasteiger partial charge in [0.2, 0.25) is 5.91 Å². The van der Waals surface area contributed by atoms with E-state index in [9.17, 15) is 4.79 Å². The molecule has 0 unspecified atom stereocenters. The van der Waals surface area contributed by atoms with Crippen molar-refractivity contribution < 1.29 is 4.79 Å². The van der Waals surface area contributed by atoms with Gasteiger partial charge in [-0.3, -0.25) is 4.79 Å². The molecule has 0 radical (unpaired) electrons. The number of benzene rings is 1. The minimum atomic E-state index is 0.156. The first kappa shape index (κ1) is 19.5. The van der Waals surface area contributed by atoms with Crippen molar-refractivity contribution in [3.8, 4) is 10.6 Å². The maximum absolute atomic E-state index is 12.8. The second-order valence-corrected chi connectivity index (χ2v) is 9.43. The van der Waals surface area contributed by atoms with E-state index in [1.54, 1.807) is 22.7 Å². The van der Waals surface area contributed by atoms with E-state index in [0.717, 1.165) is 64.2 Å². The number of anilines is 1. The predicted octanol–water partition coefficient (Wildman–Crippen LogP) is 4.62. The second-order valence-electron chi connectivity index (χ2n) is 6.82. The number of hydrogen-bond donors (Lipinski definition) is 0. The highest BCUT2D eigenvalue weighted by atomic mass is 79.9. The van der Waals surface area contributed by atoms with Crippen LogP contribution in [0.4, 0.5) is 5.13 Å². The number of rotatable bonds is 4. The fourth-order valence-electron chi connectivity index (χ4n) is 3.25. The summed E-state index contributed by atoms with van der Waals surface area (Å²) in [7, 11) is 0. The number of nitrogens with zero attached hydrogens (tertiary/aromatic N) is 4. The molecule has 146 valence electrons. The molecule has 8 heteroatoms. The van der Waals surface area contributed by atoms with Crippen LogP contribution >= 0.6 is 38.6 Å². The van der Waals surface area contributed by atoms with Crippen molar-refractivity contribution in [3.05, 3.63) is 50.9 Å². The van der Waals surface area contributed by atoms with Crippen molar-refractivity contribution in [2.24, 2.45) is 0 Å². The normalized spacial score (nSPS) is 14.9. The Morgan fingerprint density at radius 1 is 1.14 bits per heavy atom. The molecule has 1 fully saturated rings. The van der Waals surface area contributed by atoms with Gasteiger partial charge in [0.15, 0.2) is 5.13 Å². The maximum atomic E-state index is 12.8. The summed E-state index contributed by atoms with van der Waals surface area (Å²) in [6.07, 6.45) is 1.32. The second kappa shape index (κ2) is 8.71. The van der Waals surface area contributed by atoms with Crippen molar-refractivity contribution in [1.82, 2.24) is 14.9 Å². The van der Waals surface area contributed by atoms with Crippen molar-refractivity contribution in [2.75, 3.05) is 31.1 Å². The summed E-state index contributed by atoms with van der Waals surface area (Å²) in [5, 5.41) is 6.08.